The van der Waals surface area contributed by atoms with Crippen LogP contribution in [-0.2, 0) is 4.79 Å². The summed E-state index contributed by atoms with van der Waals surface area (Å²) < 4.78 is 1.66. The van der Waals surface area contributed by atoms with E-state index in [0.29, 0.717) is 5.02 Å². The molecule has 0 spiro atoms. The zero-order valence-electron chi connectivity index (χ0n) is 10.3. The fraction of sp³-hybridized carbons (Fsp3) is 0.417. The number of benzene rings is 1. The van der Waals surface area contributed by atoms with Gasteiger partial charge in [-0.1, -0.05) is 11.6 Å². The van der Waals surface area contributed by atoms with Gasteiger partial charge in [-0.25, -0.2) is 0 Å². The quantitative estimate of drug-likeness (QED) is 0.808. The molecule has 0 fully saturated rings. The van der Waals surface area contributed by atoms with Gasteiger partial charge in [-0.3, -0.25) is 4.79 Å². The number of halogens is 3. The van der Waals surface area contributed by atoms with Crippen molar-refractivity contribution in [3.63, 3.8) is 0 Å². The van der Waals surface area contributed by atoms with E-state index in [0.717, 1.165) is 27.7 Å². The van der Waals surface area contributed by atoms with Crippen LogP contribution < -0.4 is 5.32 Å². The molecule has 0 aliphatic carbocycles. The van der Waals surface area contributed by atoms with Crippen molar-refractivity contribution in [3.8, 4) is 0 Å². The predicted molar refractivity (Wildman–Crippen MR) is 83.3 cm³/mol. The lowest BCUT2D eigenvalue weighted by Crippen LogP contribution is -2.35. The maximum absolute atomic E-state index is 11.9. The Morgan fingerprint density at radius 3 is 2.22 bits per heavy atom. The van der Waals surface area contributed by atoms with Crippen LogP contribution in [0.3, 0.4) is 0 Å². The average Bonchev–Trinajstić information content (AvgIpc) is 2.29. The Balaban J connectivity index is 2.72. The number of rotatable bonds is 5. The van der Waals surface area contributed by atoms with E-state index in [9.17, 15) is 4.79 Å². The molecular weight excluding hydrogens is 383 g/mol. The number of hydrogen-bond donors (Lipinski definition) is 1. The summed E-state index contributed by atoms with van der Waals surface area (Å²) in [7, 11) is 0. The van der Waals surface area contributed by atoms with E-state index in [1.807, 2.05) is 13.8 Å². The number of nitrogens with zero attached hydrogens (tertiary/aromatic N) is 1. The van der Waals surface area contributed by atoms with Crippen molar-refractivity contribution in [2.24, 2.45) is 0 Å². The summed E-state index contributed by atoms with van der Waals surface area (Å²) in [4.78, 5) is 13.7. The highest BCUT2D eigenvalue weighted by atomic mass is 79.9. The fourth-order valence-corrected chi connectivity index (χ4v) is 3.51. The molecule has 18 heavy (non-hydrogen) atoms. The van der Waals surface area contributed by atoms with Crippen LogP contribution in [0.2, 0.25) is 5.02 Å². The molecular formula is C12H15Br2ClN2O. The zero-order valence-corrected chi connectivity index (χ0v) is 14.2. The van der Waals surface area contributed by atoms with E-state index in [1.54, 1.807) is 17.0 Å². The van der Waals surface area contributed by atoms with Gasteiger partial charge in [-0.05, 0) is 57.8 Å². The van der Waals surface area contributed by atoms with Gasteiger partial charge in [0.1, 0.15) is 0 Å². The van der Waals surface area contributed by atoms with Gasteiger partial charge in [0.05, 0.1) is 12.2 Å². The summed E-state index contributed by atoms with van der Waals surface area (Å²) >= 11 is 12.8. The first-order valence-electron chi connectivity index (χ1n) is 5.65. The van der Waals surface area contributed by atoms with Crippen molar-refractivity contribution in [2.75, 3.05) is 25.0 Å². The maximum atomic E-state index is 11.9. The molecule has 0 unspecified atom stereocenters. The molecule has 1 aromatic rings. The Labute approximate surface area is 129 Å². The van der Waals surface area contributed by atoms with Crippen molar-refractivity contribution in [1.82, 2.24) is 4.90 Å². The van der Waals surface area contributed by atoms with Crippen molar-refractivity contribution in [2.45, 2.75) is 13.8 Å². The summed E-state index contributed by atoms with van der Waals surface area (Å²) in [6.07, 6.45) is 0. The predicted octanol–water partition coefficient (Wildman–Crippen LogP) is 4.15. The third-order valence-corrected chi connectivity index (χ3v) is 4.01. The number of carbonyl (C=O) groups excluding carboxylic acids is 1. The summed E-state index contributed by atoms with van der Waals surface area (Å²) in [5.41, 5.74) is 0.833. The number of hydrogen-bond acceptors (Lipinski definition) is 2. The zero-order chi connectivity index (χ0) is 13.7. The van der Waals surface area contributed by atoms with Gasteiger partial charge in [-0.2, -0.15) is 0 Å². The molecule has 0 heterocycles. The second-order valence-electron chi connectivity index (χ2n) is 3.66. The van der Waals surface area contributed by atoms with E-state index in [2.05, 4.69) is 37.2 Å². The van der Waals surface area contributed by atoms with Gasteiger partial charge < -0.3 is 10.2 Å². The molecule has 0 bridgehead atoms. The van der Waals surface area contributed by atoms with Crippen molar-refractivity contribution < 1.29 is 4.79 Å². The molecule has 0 saturated carbocycles. The molecule has 1 rings (SSSR count). The number of anilines is 1. The highest BCUT2D eigenvalue weighted by molar-refractivity contribution is 9.11. The fourth-order valence-electron chi connectivity index (χ4n) is 1.56. The van der Waals surface area contributed by atoms with Gasteiger partial charge in [0.25, 0.3) is 0 Å². The van der Waals surface area contributed by atoms with Gasteiger partial charge in [-0.15, -0.1) is 0 Å². The van der Waals surface area contributed by atoms with Crippen molar-refractivity contribution in [1.29, 1.82) is 0 Å². The maximum Gasteiger partial charge on any atom is 0.241 e. The number of carbonyl (C=O) groups is 1. The Hall–Kier alpha value is -0.260. The van der Waals surface area contributed by atoms with E-state index in [-0.39, 0.29) is 12.5 Å². The number of nitrogens with one attached hydrogen (secondary N) is 1. The summed E-state index contributed by atoms with van der Waals surface area (Å²) in [6, 6.07) is 3.58. The first-order valence-corrected chi connectivity index (χ1v) is 7.62. The molecule has 0 atom stereocenters. The Morgan fingerprint density at radius 2 is 1.78 bits per heavy atom. The first-order chi connectivity index (χ1) is 8.49. The topological polar surface area (TPSA) is 32.3 Å². The van der Waals surface area contributed by atoms with E-state index < -0.39 is 0 Å². The molecule has 1 aromatic carbocycles. The minimum absolute atomic E-state index is 0.0775. The molecule has 0 aliphatic heterocycles. The summed E-state index contributed by atoms with van der Waals surface area (Å²) in [6.45, 7) is 5.64. The third kappa shape index (κ3) is 4.14. The van der Waals surface area contributed by atoms with E-state index in [4.69, 9.17) is 11.6 Å². The number of amides is 1. The van der Waals surface area contributed by atoms with E-state index in [1.165, 1.54) is 0 Å². The standard InChI is InChI=1S/C12H15Br2ClN2O/c1-3-17(4-2)11(18)7-16-12-9(13)5-8(15)6-10(12)14/h5-6,16H,3-4,7H2,1-2H3. The molecule has 0 saturated heterocycles. The van der Waals surface area contributed by atoms with Crippen LogP contribution >= 0.6 is 43.5 Å². The molecule has 100 valence electrons. The van der Waals surface area contributed by atoms with Gasteiger partial charge in [0.2, 0.25) is 5.91 Å². The molecule has 1 amide bonds. The smallest absolute Gasteiger partial charge is 0.241 e. The van der Waals surface area contributed by atoms with Gasteiger partial charge in [0.15, 0.2) is 0 Å². The third-order valence-electron chi connectivity index (χ3n) is 2.54. The lowest BCUT2D eigenvalue weighted by molar-refractivity contribution is -0.128. The van der Waals surface area contributed by atoms with Crippen LogP contribution in [0.25, 0.3) is 0 Å². The molecule has 3 nitrogen and oxygen atoms in total. The Bertz CT molecular complexity index is 413. The van der Waals surface area contributed by atoms with Crippen LogP contribution in [0.4, 0.5) is 5.69 Å². The molecule has 0 aromatic heterocycles. The molecule has 0 aliphatic rings. The van der Waals surface area contributed by atoms with Crippen LogP contribution in [0.1, 0.15) is 13.8 Å². The van der Waals surface area contributed by atoms with E-state index >= 15 is 0 Å². The van der Waals surface area contributed by atoms with Crippen LogP contribution in [0.5, 0.6) is 0 Å². The van der Waals surface area contributed by atoms with Crippen LogP contribution in [0, 0.1) is 0 Å². The Morgan fingerprint density at radius 1 is 1.28 bits per heavy atom. The summed E-state index contributed by atoms with van der Waals surface area (Å²) in [5.74, 6) is 0.0775. The van der Waals surface area contributed by atoms with Crippen molar-refractivity contribution in [3.05, 3.63) is 26.1 Å². The second-order valence-corrected chi connectivity index (χ2v) is 5.81. The van der Waals surface area contributed by atoms with Crippen LogP contribution in [-0.4, -0.2) is 30.4 Å². The minimum atomic E-state index is 0.0775. The SMILES string of the molecule is CCN(CC)C(=O)CNc1c(Br)cc(Cl)cc1Br. The van der Waals surface area contributed by atoms with Crippen molar-refractivity contribution >= 4 is 55.1 Å². The molecule has 6 heteroatoms. The van der Waals surface area contributed by atoms with Crippen LogP contribution in [0.15, 0.2) is 21.1 Å². The highest BCUT2D eigenvalue weighted by Crippen LogP contribution is 2.33. The monoisotopic (exact) mass is 396 g/mol. The normalized spacial score (nSPS) is 10.3. The highest BCUT2D eigenvalue weighted by Gasteiger charge is 2.12. The summed E-state index contributed by atoms with van der Waals surface area (Å²) in [5, 5.41) is 3.75. The lowest BCUT2D eigenvalue weighted by atomic mass is 10.3. The Kier molecular flexibility index (Phi) is 6.46. The number of likely N-dealkylation sites (N-methyl/N-ethyl adjacent to an activating group) is 1. The van der Waals surface area contributed by atoms with Gasteiger partial charge in [0, 0.05) is 27.1 Å². The average molecular weight is 399 g/mol. The minimum Gasteiger partial charge on any atom is -0.374 e. The molecule has 0 radical (unpaired) electrons. The van der Waals surface area contributed by atoms with Gasteiger partial charge >= 0.3 is 0 Å². The first kappa shape index (κ1) is 15.8. The lowest BCUT2D eigenvalue weighted by Gasteiger charge is -2.19. The second kappa shape index (κ2) is 7.36. The largest absolute Gasteiger partial charge is 0.374 e. The molecule has 1 N–H and O–H groups in total.